The molecule has 2 aromatic carbocycles. The molecule has 21 heavy (non-hydrogen) atoms. The van der Waals surface area contributed by atoms with Gasteiger partial charge in [0.15, 0.2) is 0 Å². The number of halogens is 1. The van der Waals surface area contributed by atoms with Gasteiger partial charge in [-0.05, 0) is 36.9 Å². The van der Waals surface area contributed by atoms with Crippen molar-refractivity contribution in [3.63, 3.8) is 0 Å². The molecule has 0 heterocycles. The zero-order chi connectivity index (χ0) is 15.4. The van der Waals surface area contributed by atoms with Gasteiger partial charge in [-0.25, -0.2) is 4.39 Å². The fourth-order valence-corrected chi connectivity index (χ4v) is 2.18. The maximum Gasteiger partial charge on any atom is 0.248 e. The maximum absolute atomic E-state index is 13.9. The second-order valence-corrected chi connectivity index (χ2v) is 5.09. The van der Waals surface area contributed by atoms with Crippen LogP contribution in [0.3, 0.4) is 0 Å². The molecule has 0 unspecified atom stereocenters. The van der Waals surface area contributed by atoms with Crippen LogP contribution < -0.4 is 11.5 Å². The predicted octanol–water partition coefficient (Wildman–Crippen LogP) is 2.14. The number of anilines is 1. The number of amides is 1. The summed E-state index contributed by atoms with van der Waals surface area (Å²) in [6.45, 7) is 1.09. The van der Waals surface area contributed by atoms with Crippen molar-refractivity contribution in [3.05, 3.63) is 65.0 Å². The average Bonchev–Trinajstić information content (AvgIpc) is 2.40. The van der Waals surface area contributed by atoms with Crippen molar-refractivity contribution < 1.29 is 9.18 Å². The van der Waals surface area contributed by atoms with Gasteiger partial charge in [0.25, 0.3) is 0 Å². The van der Waals surface area contributed by atoms with Crippen molar-refractivity contribution in [1.82, 2.24) is 4.90 Å². The Balaban J connectivity index is 2.06. The third kappa shape index (κ3) is 4.03. The SMILES string of the molecule is CN(Cc1cccc(N)c1)Cc1ccc(C(N)=O)cc1F. The largest absolute Gasteiger partial charge is 0.399 e. The van der Waals surface area contributed by atoms with E-state index in [1.54, 1.807) is 6.07 Å². The number of nitrogens with zero attached hydrogens (tertiary/aromatic N) is 1. The van der Waals surface area contributed by atoms with Gasteiger partial charge in [-0.15, -0.1) is 0 Å². The topological polar surface area (TPSA) is 72.3 Å². The normalized spacial score (nSPS) is 10.8. The van der Waals surface area contributed by atoms with E-state index in [-0.39, 0.29) is 5.56 Å². The Morgan fingerprint density at radius 1 is 1.19 bits per heavy atom. The van der Waals surface area contributed by atoms with E-state index in [0.29, 0.717) is 24.3 Å². The number of benzene rings is 2. The molecule has 4 nitrogen and oxygen atoms in total. The highest BCUT2D eigenvalue weighted by Gasteiger charge is 2.09. The zero-order valence-corrected chi connectivity index (χ0v) is 11.8. The van der Waals surface area contributed by atoms with Crippen LogP contribution >= 0.6 is 0 Å². The van der Waals surface area contributed by atoms with Gasteiger partial charge < -0.3 is 11.5 Å². The molecule has 0 radical (unpaired) electrons. The summed E-state index contributed by atoms with van der Waals surface area (Å²) in [4.78, 5) is 13.0. The maximum atomic E-state index is 13.9. The van der Waals surface area contributed by atoms with Gasteiger partial charge in [0.1, 0.15) is 5.82 Å². The molecule has 0 bridgehead atoms. The van der Waals surface area contributed by atoms with Crippen LogP contribution in [0.15, 0.2) is 42.5 Å². The second-order valence-electron chi connectivity index (χ2n) is 5.09. The first-order valence-electron chi connectivity index (χ1n) is 6.57. The van der Waals surface area contributed by atoms with Crippen molar-refractivity contribution in [2.24, 2.45) is 5.73 Å². The van der Waals surface area contributed by atoms with Crippen LogP contribution in [0.4, 0.5) is 10.1 Å². The van der Waals surface area contributed by atoms with Crippen molar-refractivity contribution in [2.75, 3.05) is 12.8 Å². The smallest absolute Gasteiger partial charge is 0.248 e. The lowest BCUT2D eigenvalue weighted by molar-refractivity contribution is 0.1000. The molecule has 0 aliphatic heterocycles. The molecule has 0 aliphatic carbocycles. The first-order valence-corrected chi connectivity index (χ1v) is 6.57. The molecule has 110 valence electrons. The number of carbonyl (C=O) groups excluding carboxylic acids is 1. The molecule has 1 amide bonds. The standard InChI is InChI=1S/C16H18FN3O/c1-20(9-11-3-2-4-14(18)7-11)10-13-6-5-12(16(19)21)8-15(13)17/h2-8H,9-10,18H2,1H3,(H2,19,21). The summed E-state index contributed by atoms with van der Waals surface area (Å²) in [5.74, 6) is -1.06. The van der Waals surface area contributed by atoms with E-state index in [2.05, 4.69) is 0 Å². The van der Waals surface area contributed by atoms with Crippen molar-refractivity contribution >= 4 is 11.6 Å². The molecule has 2 aromatic rings. The minimum absolute atomic E-state index is 0.176. The lowest BCUT2D eigenvalue weighted by Crippen LogP contribution is -2.18. The van der Waals surface area contributed by atoms with Gasteiger partial charge in [0.05, 0.1) is 0 Å². The molecular formula is C16H18FN3O. The van der Waals surface area contributed by atoms with Crippen LogP contribution in [-0.4, -0.2) is 17.9 Å². The van der Waals surface area contributed by atoms with E-state index >= 15 is 0 Å². The molecule has 0 aliphatic rings. The van der Waals surface area contributed by atoms with Crippen LogP contribution in [0, 0.1) is 5.82 Å². The van der Waals surface area contributed by atoms with Crippen molar-refractivity contribution in [2.45, 2.75) is 13.1 Å². The summed E-state index contributed by atoms with van der Waals surface area (Å²) in [5, 5.41) is 0. The summed E-state index contributed by atoms with van der Waals surface area (Å²) in [6, 6.07) is 11.9. The molecule has 0 atom stereocenters. The fraction of sp³-hybridized carbons (Fsp3) is 0.188. The van der Waals surface area contributed by atoms with Crippen LogP contribution in [0.2, 0.25) is 0 Å². The van der Waals surface area contributed by atoms with Gasteiger partial charge in [0.2, 0.25) is 5.91 Å². The highest BCUT2D eigenvalue weighted by molar-refractivity contribution is 5.92. The fourth-order valence-electron chi connectivity index (χ4n) is 2.18. The second kappa shape index (κ2) is 6.37. The monoisotopic (exact) mass is 287 g/mol. The van der Waals surface area contributed by atoms with E-state index < -0.39 is 11.7 Å². The number of hydrogen-bond donors (Lipinski definition) is 2. The van der Waals surface area contributed by atoms with Crippen LogP contribution in [0.5, 0.6) is 0 Å². The van der Waals surface area contributed by atoms with E-state index in [4.69, 9.17) is 11.5 Å². The third-order valence-electron chi connectivity index (χ3n) is 3.18. The minimum atomic E-state index is -0.631. The molecule has 0 aromatic heterocycles. The summed E-state index contributed by atoms with van der Waals surface area (Å²) in [7, 11) is 1.89. The Morgan fingerprint density at radius 3 is 2.57 bits per heavy atom. The third-order valence-corrected chi connectivity index (χ3v) is 3.18. The number of nitrogen functional groups attached to an aromatic ring is 1. The van der Waals surface area contributed by atoms with E-state index in [1.807, 2.05) is 36.2 Å². The number of primary amides is 1. The van der Waals surface area contributed by atoms with Crippen LogP contribution in [-0.2, 0) is 13.1 Å². The number of carbonyl (C=O) groups is 1. The molecular weight excluding hydrogens is 269 g/mol. The first-order chi connectivity index (χ1) is 9.95. The number of nitrogens with two attached hydrogens (primary N) is 2. The summed E-state index contributed by atoms with van der Waals surface area (Å²) in [6.07, 6.45) is 0. The lowest BCUT2D eigenvalue weighted by Gasteiger charge is -2.17. The minimum Gasteiger partial charge on any atom is -0.399 e. The summed E-state index contributed by atoms with van der Waals surface area (Å²) in [5.41, 5.74) is 13.3. The Hall–Kier alpha value is -2.40. The van der Waals surface area contributed by atoms with Gasteiger partial charge >= 0.3 is 0 Å². The number of hydrogen-bond acceptors (Lipinski definition) is 3. The molecule has 4 N–H and O–H groups in total. The molecule has 2 rings (SSSR count). The van der Waals surface area contributed by atoms with E-state index in [9.17, 15) is 9.18 Å². The summed E-state index contributed by atoms with van der Waals surface area (Å²) < 4.78 is 13.9. The molecule has 0 saturated carbocycles. The van der Waals surface area contributed by atoms with Crippen LogP contribution in [0.1, 0.15) is 21.5 Å². The number of rotatable bonds is 5. The molecule has 5 heteroatoms. The van der Waals surface area contributed by atoms with E-state index in [1.165, 1.54) is 12.1 Å². The highest BCUT2D eigenvalue weighted by atomic mass is 19.1. The zero-order valence-electron chi connectivity index (χ0n) is 11.8. The van der Waals surface area contributed by atoms with Gasteiger partial charge in [-0.3, -0.25) is 9.69 Å². The highest BCUT2D eigenvalue weighted by Crippen LogP contribution is 2.15. The van der Waals surface area contributed by atoms with Gasteiger partial charge in [0, 0.05) is 29.9 Å². The summed E-state index contributed by atoms with van der Waals surface area (Å²) >= 11 is 0. The molecule has 0 spiro atoms. The quantitative estimate of drug-likeness (QED) is 0.828. The predicted molar refractivity (Wildman–Crippen MR) is 80.9 cm³/mol. The average molecular weight is 287 g/mol. The lowest BCUT2D eigenvalue weighted by atomic mass is 10.1. The van der Waals surface area contributed by atoms with Gasteiger partial charge in [-0.2, -0.15) is 0 Å². The van der Waals surface area contributed by atoms with Crippen molar-refractivity contribution in [3.8, 4) is 0 Å². The Bertz CT molecular complexity index is 658. The van der Waals surface area contributed by atoms with Crippen molar-refractivity contribution in [1.29, 1.82) is 0 Å². The van der Waals surface area contributed by atoms with Gasteiger partial charge in [-0.1, -0.05) is 18.2 Å². The first kappa shape index (κ1) is 15.0. The molecule has 0 fully saturated rings. The Morgan fingerprint density at radius 2 is 1.95 bits per heavy atom. The Kier molecular flexibility index (Phi) is 4.55. The Labute approximate surface area is 123 Å². The van der Waals surface area contributed by atoms with E-state index in [0.717, 1.165) is 5.56 Å². The molecule has 0 saturated heterocycles. The van der Waals surface area contributed by atoms with Crippen LogP contribution in [0.25, 0.3) is 0 Å².